The van der Waals surface area contributed by atoms with Crippen LogP contribution in [0.15, 0.2) is 96.0 Å². The number of ether oxygens (including phenoxy) is 3. The molecule has 0 spiro atoms. The zero-order valence-electron chi connectivity index (χ0n) is 20.8. The van der Waals surface area contributed by atoms with Crippen molar-refractivity contribution in [3.63, 3.8) is 0 Å². The van der Waals surface area contributed by atoms with Crippen LogP contribution in [0.1, 0.15) is 16.7 Å². The van der Waals surface area contributed by atoms with Crippen molar-refractivity contribution in [2.24, 2.45) is 5.92 Å². The molecule has 3 aromatic rings. The molecule has 0 saturated carbocycles. The number of rotatable bonds is 9. The summed E-state index contributed by atoms with van der Waals surface area (Å²) in [7, 11) is 4.83. The van der Waals surface area contributed by atoms with Crippen LogP contribution in [0.3, 0.4) is 0 Å². The summed E-state index contributed by atoms with van der Waals surface area (Å²) in [5.74, 6) is 1.37. The Morgan fingerprint density at radius 1 is 0.694 bits per heavy atom. The second-order valence-electron chi connectivity index (χ2n) is 8.92. The highest BCUT2D eigenvalue weighted by molar-refractivity contribution is 5.48. The summed E-state index contributed by atoms with van der Waals surface area (Å²) < 4.78 is 18.1. The monoisotopic (exact) mass is 488 g/mol. The molecule has 1 aliphatic rings. The highest BCUT2D eigenvalue weighted by Gasteiger charge is 2.46. The van der Waals surface area contributed by atoms with Crippen molar-refractivity contribution in [3.8, 4) is 17.2 Å². The molecular formula is C30H32O6. The lowest BCUT2D eigenvalue weighted by Gasteiger charge is -2.42. The number of hydrogen-bond acceptors (Lipinski definition) is 6. The molecule has 4 rings (SSSR count). The molecule has 188 valence electrons. The Bertz CT molecular complexity index is 1280. The third-order valence-corrected chi connectivity index (χ3v) is 6.93. The second-order valence-corrected chi connectivity index (χ2v) is 8.92. The van der Waals surface area contributed by atoms with E-state index in [1.807, 2.05) is 42.5 Å². The Morgan fingerprint density at radius 2 is 1.22 bits per heavy atom. The van der Waals surface area contributed by atoms with Crippen LogP contribution in [-0.2, 0) is 33.5 Å². The van der Waals surface area contributed by atoms with Gasteiger partial charge in [-0.2, -0.15) is 0 Å². The van der Waals surface area contributed by atoms with E-state index in [0.29, 0.717) is 36.3 Å². The van der Waals surface area contributed by atoms with Crippen LogP contribution >= 0.6 is 0 Å². The lowest BCUT2D eigenvalue weighted by atomic mass is 9.72. The average Bonchev–Trinajstić information content (AvgIpc) is 2.89. The molecule has 2 unspecified atom stereocenters. The van der Waals surface area contributed by atoms with Gasteiger partial charge in [-0.05, 0) is 47.4 Å². The summed E-state index contributed by atoms with van der Waals surface area (Å²) in [6.45, 7) is 0. The van der Waals surface area contributed by atoms with Gasteiger partial charge in [-0.25, -0.2) is 0 Å². The fourth-order valence-corrected chi connectivity index (χ4v) is 5.01. The molecule has 1 aliphatic carbocycles. The third-order valence-electron chi connectivity index (χ3n) is 6.93. The molecule has 3 N–H and O–H groups in total. The summed E-state index contributed by atoms with van der Waals surface area (Å²) in [5.41, 5.74) is 2.02. The van der Waals surface area contributed by atoms with Gasteiger partial charge in [-0.15, -0.1) is 0 Å². The van der Waals surface area contributed by atoms with E-state index in [9.17, 15) is 15.3 Å². The van der Waals surface area contributed by atoms with Gasteiger partial charge in [-0.1, -0.05) is 54.6 Å². The molecule has 3 aromatic carbocycles. The smallest absolute Gasteiger partial charge is 0.124 e. The SMILES string of the molecule is COC1=CC(Cc2ccccc2O)(OC)C(Cc2ccccc2O)C(OC)=C1Cc1ccccc1O. The van der Waals surface area contributed by atoms with E-state index in [-0.39, 0.29) is 23.2 Å². The van der Waals surface area contributed by atoms with E-state index < -0.39 is 5.60 Å². The fraction of sp³-hybridized carbons (Fsp3) is 0.267. The van der Waals surface area contributed by atoms with Crippen molar-refractivity contribution >= 4 is 0 Å². The van der Waals surface area contributed by atoms with Crippen LogP contribution in [0, 0.1) is 5.92 Å². The number of methoxy groups -OCH3 is 3. The highest BCUT2D eigenvalue weighted by Crippen LogP contribution is 2.46. The van der Waals surface area contributed by atoms with Gasteiger partial charge in [0, 0.05) is 25.5 Å². The lowest BCUT2D eigenvalue weighted by molar-refractivity contribution is -0.0292. The van der Waals surface area contributed by atoms with Gasteiger partial charge >= 0.3 is 0 Å². The normalized spacial score (nSPS) is 19.6. The minimum atomic E-state index is -0.958. The molecular weight excluding hydrogens is 456 g/mol. The Kier molecular flexibility index (Phi) is 7.55. The van der Waals surface area contributed by atoms with Crippen molar-refractivity contribution in [1.29, 1.82) is 0 Å². The average molecular weight is 489 g/mol. The van der Waals surface area contributed by atoms with E-state index in [0.717, 1.165) is 16.7 Å². The predicted molar refractivity (Wildman–Crippen MR) is 138 cm³/mol. The predicted octanol–water partition coefficient (Wildman–Crippen LogP) is 5.28. The molecule has 0 amide bonds. The Hall–Kier alpha value is -3.90. The van der Waals surface area contributed by atoms with E-state index >= 15 is 0 Å². The van der Waals surface area contributed by atoms with Crippen LogP contribution < -0.4 is 0 Å². The number of aromatic hydroxyl groups is 3. The summed E-state index contributed by atoms with van der Waals surface area (Å²) in [5, 5.41) is 31.6. The van der Waals surface area contributed by atoms with Gasteiger partial charge in [-0.3, -0.25) is 0 Å². The molecule has 2 atom stereocenters. The number of allylic oxidation sites excluding steroid dienone is 1. The molecule has 36 heavy (non-hydrogen) atoms. The first-order valence-corrected chi connectivity index (χ1v) is 11.8. The highest BCUT2D eigenvalue weighted by atomic mass is 16.5. The van der Waals surface area contributed by atoms with Crippen molar-refractivity contribution < 1.29 is 29.5 Å². The molecule has 6 heteroatoms. The molecule has 0 aliphatic heterocycles. The summed E-state index contributed by atoms with van der Waals surface area (Å²) >= 11 is 0. The zero-order chi connectivity index (χ0) is 25.7. The van der Waals surface area contributed by atoms with Gasteiger partial charge in [0.25, 0.3) is 0 Å². The van der Waals surface area contributed by atoms with Crippen molar-refractivity contribution in [2.75, 3.05) is 21.3 Å². The molecule has 0 fully saturated rings. The third kappa shape index (κ3) is 4.90. The quantitative estimate of drug-likeness (QED) is 0.380. The summed E-state index contributed by atoms with van der Waals surface area (Å²) in [4.78, 5) is 0. The largest absolute Gasteiger partial charge is 0.508 e. The van der Waals surface area contributed by atoms with Crippen molar-refractivity contribution in [2.45, 2.75) is 24.9 Å². The number of phenolic OH excluding ortho intramolecular Hbond substituents is 3. The van der Waals surface area contributed by atoms with Crippen molar-refractivity contribution in [3.05, 3.63) is 113 Å². The minimum absolute atomic E-state index is 0.172. The number of hydrogen-bond donors (Lipinski definition) is 3. The number of para-hydroxylation sites is 3. The van der Waals surface area contributed by atoms with E-state index in [2.05, 4.69) is 0 Å². The number of phenols is 3. The standard InChI is InChI=1S/C30H32O6/c1-34-28-19-30(36-3,18-22-12-6-9-15-27(22)33)24(17-21-11-5-8-14-26(21)32)29(35-2)23(28)16-20-10-4-7-13-25(20)31/h4-15,19,24,31-33H,16-18H2,1-3H3. The van der Waals surface area contributed by atoms with Crippen LogP contribution in [0.25, 0.3) is 0 Å². The van der Waals surface area contributed by atoms with Crippen LogP contribution in [0.5, 0.6) is 17.2 Å². The number of benzene rings is 3. The van der Waals surface area contributed by atoms with Crippen LogP contribution in [-0.4, -0.2) is 42.3 Å². The van der Waals surface area contributed by atoms with E-state index in [1.54, 1.807) is 57.7 Å². The minimum Gasteiger partial charge on any atom is -0.508 e. The van der Waals surface area contributed by atoms with Gasteiger partial charge in [0.1, 0.15) is 34.4 Å². The Morgan fingerprint density at radius 3 is 1.72 bits per heavy atom. The van der Waals surface area contributed by atoms with Gasteiger partial charge in [0.15, 0.2) is 0 Å². The van der Waals surface area contributed by atoms with E-state index in [4.69, 9.17) is 14.2 Å². The first-order valence-electron chi connectivity index (χ1n) is 11.8. The molecule has 0 heterocycles. The summed E-state index contributed by atoms with van der Waals surface area (Å²) in [6, 6.07) is 21.5. The summed E-state index contributed by atoms with van der Waals surface area (Å²) in [6.07, 6.45) is 3.07. The van der Waals surface area contributed by atoms with Gasteiger partial charge in [0.2, 0.25) is 0 Å². The van der Waals surface area contributed by atoms with Gasteiger partial charge in [0.05, 0.1) is 20.1 Å². The fourth-order valence-electron chi connectivity index (χ4n) is 5.01. The van der Waals surface area contributed by atoms with Crippen LogP contribution in [0.4, 0.5) is 0 Å². The molecule has 0 saturated heterocycles. The Labute approximate surface area is 211 Å². The topological polar surface area (TPSA) is 88.4 Å². The first kappa shape index (κ1) is 25.2. The maximum atomic E-state index is 10.6. The van der Waals surface area contributed by atoms with Crippen molar-refractivity contribution in [1.82, 2.24) is 0 Å². The Balaban J connectivity index is 1.89. The molecule has 0 aromatic heterocycles. The molecule has 0 bridgehead atoms. The lowest BCUT2D eigenvalue weighted by Crippen LogP contribution is -2.46. The zero-order valence-corrected chi connectivity index (χ0v) is 20.8. The van der Waals surface area contributed by atoms with E-state index in [1.165, 1.54) is 0 Å². The maximum Gasteiger partial charge on any atom is 0.124 e. The maximum absolute atomic E-state index is 10.6. The van der Waals surface area contributed by atoms with Gasteiger partial charge < -0.3 is 29.5 Å². The second kappa shape index (κ2) is 10.8. The first-order chi connectivity index (χ1) is 17.4. The molecule has 0 radical (unpaired) electrons. The molecule has 6 nitrogen and oxygen atoms in total. The van der Waals surface area contributed by atoms with Crippen LogP contribution in [0.2, 0.25) is 0 Å².